The highest BCUT2D eigenvalue weighted by molar-refractivity contribution is 7.99. The van der Waals surface area contributed by atoms with Crippen LogP contribution in [0.25, 0.3) is 0 Å². The Balaban J connectivity index is 1.71. The number of nitrogens with zero attached hydrogens (tertiary/aromatic N) is 1. The fraction of sp³-hybridized carbons (Fsp3) is 0.533. The molecule has 1 heterocycles. The molecule has 3 heteroatoms. The van der Waals surface area contributed by atoms with Gasteiger partial charge in [0.05, 0.1) is 0 Å². The van der Waals surface area contributed by atoms with Crippen LogP contribution in [0.4, 0.5) is 0 Å². The molecule has 0 bridgehead atoms. The summed E-state index contributed by atoms with van der Waals surface area (Å²) in [6, 6.07) is 10.5. The Morgan fingerprint density at radius 2 is 2.17 bits per heavy atom. The van der Waals surface area contributed by atoms with Crippen molar-refractivity contribution >= 4 is 17.7 Å². The average Bonchev–Trinajstić information content (AvgIpc) is 2.86. The topological polar surface area (TPSA) is 21.6 Å². The molecule has 1 atom stereocenters. The maximum absolute atomic E-state index is 5.86. The third-order valence-corrected chi connectivity index (χ3v) is 4.11. The maximum atomic E-state index is 5.86. The lowest BCUT2D eigenvalue weighted by Crippen LogP contribution is -2.10. The van der Waals surface area contributed by atoms with Gasteiger partial charge in [-0.2, -0.15) is 0 Å². The van der Waals surface area contributed by atoms with Gasteiger partial charge >= 0.3 is 0 Å². The number of benzene rings is 1. The number of rotatable bonds is 6. The molecule has 98 valence electrons. The summed E-state index contributed by atoms with van der Waals surface area (Å²) >= 11 is 1.87. The predicted octanol–water partition coefficient (Wildman–Crippen LogP) is 4.16. The van der Waals surface area contributed by atoms with E-state index in [1.54, 1.807) is 0 Å². The van der Waals surface area contributed by atoms with E-state index in [9.17, 15) is 0 Å². The van der Waals surface area contributed by atoms with E-state index in [1.165, 1.54) is 11.3 Å². The zero-order valence-corrected chi connectivity index (χ0v) is 11.8. The van der Waals surface area contributed by atoms with Crippen LogP contribution in [0.2, 0.25) is 0 Å². The van der Waals surface area contributed by atoms with E-state index in [1.807, 2.05) is 11.8 Å². The minimum Gasteiger partial charge on any atom is -0.477 e. The van der Waals surface area contributed by atoms with Crippen molar-refractivity contribution in [2.24, 2.45) is 4.99 Å². The van der Waals surface area contributed by atoms with Crippen LogP contribution in [0.1, 0.15) is 32.6 Å². The fourth-order valence-corrected chi connectivity index (χ4v) is 2.86. The van der Waals surface area contributed by atoms with Crippen molar-refractivity contribution in [3.8, 4) is 0 Å². The molecule has 0 aliphatic carbocycles. The Morgan fingerprint density at radius 3 is 2.94 bits per heavy atom. The number of unbranched alkanes of at least 4 members (excludes halogenated alkanes) is 1. The average molecular weight is 263 g/mol. The molecular formula is C15H21NOS. The van der Waals surface area contributed by atoms with E-state index in [2.05, 4.69) is 42.2 Å². The molecule has 0 saturated carbocycles. The summed E-state index contributed by atoms with van der Waals surface area (Å²) in [6.07, 6.45) is 4.84. The number of hydrogen-bond donors (Lipinski definition) is 0. The van der Waals surface area contributed by atoms with Crippen molar-refractivity contribution in [1.29, 1.82) is 0 Å². The lowest BCUT2D eigenvalue weighted by Gasteiger charge is -2.09. The van der Waals surface area contributed by atoms with Crippen LogP contribution in [0.5, 0.6) is 0 Å². The lowest BCUT2D eigenvalue weighted by molar-refractivity contribution is 0.244. The smallest absolute Gasteiger partial charge is 0.183 e. The van der Waals surface area contributed by atoms with Gasteiger partial charge in [0.15, 0.2) is 5.90 Å². The molecule has 0 amide bonds. The van der Waals surface area contributed by atoms with E-state index >= 15 is 0 Å². The molecule has 1 aromatic rings. The zero-order chi connectivity index (χ0) is 12.6. The van der Waals surface area contributed by atoms with Crippen molar-refractivity contribution in [3.63, 3.8) is 0 Å². The standard InChI is InChI=1S/C15H21NOS/c1-2-3-11-16-15-10-9-13(17-15)12-18-14-7-5-4-6-8-14/h4-8,13H,2-3,9-12H2,1H3. The summed E-state index contributed by atoms with van der Waals surface area (Å²) in [5, 5.41) is 0. The molecule has 1 aliphatic heterocycles. The van der Waals surface area contributed by atoms with Crippen LogP contribution in [-0.4, -0.2) is 24.3 Å². The minimum atomic E-state index is 0.343. The highest BCUT2D eigenvalue weighted by Gasteiger charge is 2.21. The van der Waals surface area contributed by atoms with Gasteiger partial charge in [0, 0.05) is 23.6 Å². The van der Waals surface area contributed by atoms with Crippen LogP contribution in [0.3, 0.4) is 0 Å². The van der Waals surface area contributed by atoms with E-state index in [0.717, 1.165) is 37.5 Å². The quantitative estimate of drug-likeness (QED) is 0.568. The van der Waals surface area contributed by atoms with Gasteiger partial charge in [-0.1, -0.05) is 31.5 Å². The monoisotopic (exact) mass is 263 g/mol. The Labute approximate surface area is 114 Å². The Hall–Kier alpha value is -0.960. The molecule has 1 unspecified atom stereocenters. The molecule has 18 heavy (non-hydrogen) atoms. The molecule has 0 aromatic heterocycles. The third kappa shape index (κ3) is 4.37. The van der Waals surface area contributed by atoms with E-state index in [0.29, 0.717) is 6.10 Å². The molecule has 1 fully saturated rings. The summed E-state index contributed by atoms with van der Waals surface area (Å²) in [4.78, 5) is 5.82. The molecule has 0 N–H and O–H groups in total. The largest absolute Gasteiger partial charge is 0.477 e. The fourth-order valence-electron chi connectivity index (χ4n) is 1.90. The van der Waals surface area contributed by atoms with Crippen LogP contribution < -0.4 is 0 Å². The Bertz CT molecular complexity index is 377. The van der Waals surface area contributed by atoms with Gasteiger partial charge in [-0.3, -0.25) is 4.99 Å². The summed E-state index contributed by atoms with van der Waals surface area (Å²) in [6.45, 7) is 3.11. The van der Waals surface area contributed by atoms with Crippen LogP contribution in [0.15, 0.2) is 40.2 Å². The number of hydrogen-bond acceptors (Lipinski definition) is 3. The van der Waals surface area contributed by atoms with Gasteiger partial charge in [-0.25, -0.2) is 0 Å². The summed E-state index contributed by atoms with van der Waals surface area (Å²) in [5.74, 6) is 2.00. The van der Waals surface area contributed by atoms with Crippen LogP contribution >= 0.6 is 11.8 Å². The summed E-state index contributed by atoms with van der Waals surface area (Å²) in [7, 11) is 0. The zero-order valence-electron chi connectivity index (χ0n) is 11.0. The SMILES string of the molecule is CCCCN=C1CCC(CSc2ccccc2)O1. The van der Waals surface area contributed by atoms with E-state index in [-0.39, 0.29) is 0 Å². The molecule has 0 radical (unpaired) electrons. The third-order valence-electron chi connectivity index (χ3n) is 2.96. The van der Waals surface area contributed by atoms with Crippen molar-refractivity contribution in [2.75, 3.05) is 12.3 Å². The Kier molecular flexibility index (Phi) is 5.59. The number of thioether (sulfide) groups is 1. The van der Waals surface area contributed by atoms with Gasteiger partial charge in [0.1, 0.15) is 6.10 Å². The molecule has 2 rings (SSSR count). The van der Waals surface area contributed by atoms with Crippen LogP contribution in [-0.2, 0) is 4.74 Å². The second kappa shape index (κ2) is 7.47. The van der Waals surface area contributed by atoms with Crippen molar-refractivity contribution in [1.82, 2.24) is 0 Å². The number of ether oxygens (including phenoxy) is 1. The van der Waals surface area contributed by atoms with E-state index in [4.69, 9.17) is 4.74 Å². The molecule has 1 aliphatic rings. The molecule has 2 nitrogen and oxygen atoms in total. The summed E-state index contributed by atoms with van der Waals surface area (Å²) < 4.78 is 5.86. The van der Waals surface area contributed by atoms with Gasteiger partial charge < -0.3 is 4.74 Å². The summed E-state index contributed by atoms with van der Waals surface area (Å²) in [5.41, 5.74) is 0. The van der Waals surface area contributed by atoms with Gasteiger partial charge in [0.2, 0.25) is 0 Å². The van der Waals surface area contributed by atoms with Gasteiger partial charge in [-0.15, -0.1) is 11.8 Å². The van der Waals surface area contributed by atoms with Crippen LogP contribution in [0, 0.1) is 0 Å². The lowest BCUT2D eigenvalue weighted by atomic mass is 10.2. The van der Waals surface area contributed by atoms with E-state index < -0.39 is 0 Å². The molecule has 0 spiro atoms. The van der Waals surface area contributed by atoms with Crippen molar-refractivity contribution in [3.05, 3.63) is 30.3 Å². The van der Waals surface area contributed by atoms with Crippen molar-refractivity contribution in [2.45, 2.75) is 43.6 Å². The highest BCUT2D eigenvalue weighted by atomic mass is 32.2. The van der Waals surface area contributed by atoms with Gasteiger partial charge in [-0.05, 0) is 25.0 Å². The first-order valence-electron chi connectivity index (χ1n) is 6.76. The predicted molar refractivity (Wildman–Crippen MR) is 78.5 cm³/mol. The first-order chi connectivity index (χ1) is 8.88. The molecule has 1 aromatic carbocycles. The molecular weight excluding hydrogens is 242 g/mol. The Morgan fingerprint density at radius 1 is 1.33 bits per heavy atom. The number of aliphatic imine (C=N–C) groups is 1. The second-order valence-electron chi connectivity index (χ2n) is 4.53. The second-order valence-corrected chi connectivity index (χ2v) is 5.63. The highest BCUT2D eigenvalue weighted by Crippen LogP contribution is 2.24. The normalized spacial score (nSPS) is 21.2. The molecule has 1 saturated heterocycles. The maximum Gasteiger partial charge on any atom is 0.183 e. The van der Waals surface area contributed by atoms with Crippen molar-refractivity contribution < 1.29 is 4.74 Å². The van der Waals surface area contributed by atoms with Gasteiger partial charge in [0.25, 0.3) is 0 Å². The first kappa shape index (κ1) is 13.5. The minimum absolute atomic E-state index is 0.343. The first-order valence-corrected chi connectivity index (χ1v) is 7.75.